The van der Waals surface area contributed by atoms with Crippen molar-refractivity contribution in [3.8, 4) is 0 Å². The van der Waals surface area contributed by atoms with Gasteiger partial charge in [-0.2, -0.15) is 0 Å². The van der Waals surface area contributed by atoms with Gasteiger partial charge >= 0.3 is 5.97 Å². The normalized spacial score (nSPS) is 11.6. The summed E-state index contributed by atoms with van der Waals surface area (Å²) in [5.41, 5.74) is 1.32. The van der Waals surface area contributed by atoms with Gasteiger partial charge < -0.3 is 15.4 Å². The van der Waals surface area contributed by atoms with Crippen LogP contribution in [0.2, 0.25) is 0 Å². The maximum atomic E-state index is 12.0. The monoisotopic (exact) mass is 316 g/mol. The fourth-order valence-corrected chi connectivity index (χ4v) is 2.75. The number of rotatable bonds is 8. The first-order valence-corrected chi connectivity index (χ1v) is 8.07. The molecule has 2 rings (SSSR count). The molecule has 0 bridgehead atoms. The molecule has 23 heavy (non-hydrogen) atoms. The van der Waals surface area contributed by atoms with E-state index in [2.05, 4.69) is 16.4 Å². The lowest BCUT2D eigenvalue weighted by Gasteiger charge is -2.26. The molecule has 0 radical (unpaired) electrons. The Morgan fingerprint density at radius 3 is 2.61 bits per heavy atom. The lowest BCUT2D eigenvalue weighted by Crippen LogP contribution is -2.42. The van der Waals surface area contributed by atoms with E-state index in [1.54, 1.807) is 0 Å². The van der Waals surface area contributed by atoms with Crippen molar-refractivity contribution >= 4 is 22.8 Å². The number of carboxylic acid groups (broad SMARTS) is 1. The highest BCUT2D eigenvalue weighted by molar-refractivity contribution is 5.81. The molecule has 0 aliphatic heterocycles. The van der Waals surface area contributed by atoms with E-state index in [-0.39, 0.29) is 12.5 Å². The van der Waals surface area contributed by atoms with Gasteiger partial charge in [0, 0.05) is 24.7 Å². The summed E-state index contributed by atoms with van der Waals surface area (Å²) in [6.45, 7) is 3.87. The van der Waals surface area contributed by atoms with E-state index in [9.17, 15) is 14.7 Å². The Bertz CT molecular complexity index is 686. The van der Waals surface area contributed by atoms with Crippen molar-refractivity contribution in [3.05, 3.63) is 36.0 Å². The maximum absolute atomic E-state index is 12.0. The molecular formula is C18H24N2O3. The van der Waals surface area contributed by atoms with E-state index in [1.807, 2.05) is 38.2 Å². The predicted molar refractivity (Wildman–Crippen MR) is 90.3 cm³/mol. The van der Waals surface area contributed by atoms with Gasteiger partial charge in [0.1, 0.15) is 0 Å². The number of aryl methyl sites for hydroxylation is 1. The number of aromatic nitrogens is 1. The van der Waals surface area contributed by atoms with Crippen LogP contribution in [-0.4, -0.2) is 28.5 Å². The van der Waals surface area contributed by atoms with Crippen LogP contribution < -0.4 is 5.32 Å². The molecular weight excluding hydrogens is 292 g/mol. The molecule has 2 aromatic rings. The van der Waals surface area contributed by atoms with Crippen LogP contribution in [0, 0.1) is 5.41 Å². The third kappa shape index (κ3) is 3.92. The van der Waals surface area contributed by atoms with Crippen LogP contribution in [0.25, 0.3) is 10.9 Å². The van der Waals surface area contributed by atoms with Crippen LogP contribution in [0.3, 0.4) is 0 Å². The molecule has 0 fully saturated rings. The minimum absolute atomic E-state index is 0.105. The highest BCUT2D eigenvalue weighted by Crippen LogP contribution is 2.25. The Morgan fingerprint density at radius 2 is 1.96 bits per heavy atom. The first-order chi connectivity index (χ1) is 11.0. The van der Waals surface area contributed by atoms with Gasteiger partial charge in [-0.3, -0.25) is 9.59 Å². The fraction of sp³-hybridized carbons (Fsp3) is 0.444. The van der Waals surface area contributed by atoms with Crippen LogP contribution in [0.5, 0.6) is 0 Å². The Hall–Kier alpha value is -2.30. The summed E-state index contributed by atoms with van der Waals surface area (Å²) in [7, 11) is 0. The van der Waals surface area contributed by atoms with Crippen LogP contribution in [-0.2, 0) is 16.0 Å². The Labute approximate surface area is 136 Å². The average Bonchev–Trinajstić information content (AvgIpc) is 3.01. The number of fused-ring (bicyclic) bond motifs is 1. The van der Waals surface area contributed by atoms with Crippen molar-refractivity contribution in [1.82, 2.24) is 10.3 Å². The van der Waals surface area contributed by atoms with Gasteiger partial charge in [-0.1, -0.05) is 19.9 Å². The van der Waals surface area contributed by atoms with Crippen molar-refractivity contribution in [3.63, 3.8) is 0 Å². The number of H-pyrrole nitrogens is 1. The van der Waals surface area contributed by atoms with Crippen molar-refractivity contribution in [2.45, 2.75) is 39.5 Å². The molecule has 5 heteroatoms. The second kappa shape index (κ2) is 7.31. The maximum Gasteiger partial charge on any atom is 0.311 e. The van der Waals surface area contributed by atoms with Gasteiger partial charge in [0.25, 0.3) is 0 Å². The standard InChI is InChI=1S/C18H24N2O3/c1-3-18(4-2,17(22)23)12-20-16(21)8-6-13-5-7-15-14(11-13)9-10-19-15/h5,7,9-11,19H,3-4,6,8,12H2,1-2H3,(H,20,21)(H,22,23). The summed E-state index contributed by atoms with van der Waals surface area (Å²) in [4.78, 5) is 26.6. The Morgan fingerprint density at radius 1 is 1.22 bits per heavy atom. The second-order valence-corrected chi connectivity index (χ2v) is 5.97. The minimum Gasteiger partial charge on any atom is -0.481 e. The first-order valence-electron chi connectivity index (χ1n) is 8.07. The average molecular weight is 316 g/mol. The topological polar surface area (TPSA) is 82.2 Å². The van der Waals surface area contributed by atoms with Crippen LogP contribution in [0.15, 0.2) is 30.5 Å². The molecule has 1 amide bonds. The number of carbonyl (C=O) groups is 2. The number of aliphatic carboxylic acids is 1. The third-order valence-electron chi connectivity index (χ3n) is 4.69. The van der Waals surface area contributed by atoms with Crippen LogP contribution in [0.4, 0.5) is 0 Å². The highest BCUT2D eigenvalue weighted by Gasteiger charge is 2.34. The summed E-state index contributed by atoms with van der Waals surface area (Å²) in [6, 6.07) is 8.08. The van der Waals surface area contributed by atoms with E-state index in [0.29, 0.717) is 25.7 Å². The zero-order valence-electron chi connectivity index (χ0n) is 13.7. The van der Waals surface area contributed by atoms with Crippen LogP contribution in [0.1, 0.15) is 38.7 Å². The lowest BCUT2D eigenvalue weighted by atomic mass is 9.82. The zero-order valence-corrected chi connectivity index (χ0v) is 13.7. The van der Waals surface area contributed by atoms with Crippen molar-refractivity contribution in [2.24, 2.45) is 5.41 Å². The van der Waals surface area contributed by atoms with E-state index in [1.165, 1.54) is 0 Å². The summed E-state index contributed by atoms with van der Waals surface area (Å²) < 4.78 is 0. The third-order valence-corrected chi connectivity index (χ3v) is 4.69. The molecule has 0 unspecified atom stereocenters. The number of aromatic amines is 1. The number of hydrogen-bond acceptors (Lipinski definition) is 2. The molecule has 0 atom stereocenters. The lowest BCUT2D eigenvalue weighted by molar-refractivity contribution is -0.149. The minimum atomic E-state index is -0.861. The predicted octanol–water partition coefficient (Wildman–Crippen LogP) is 3.11. The Kier molecular flexibility index (Phi) is 5.42. The highest BCUT2D eigenvalue weighted by atomic mass is 16.4. The summed E-state index contributed by atoms with van der Waals surface area (Å²) >= 11 is 0. The summed E-state index contributed by atoms with van der Waals surface area (Å²) in [5, 5.41) is 13.3. The second-order valence-electron chi connectivity index (χ2n) is 5.97. The molecule has 0 spiro atoms. The quantitative estimate of drug-likeness (QED) is 0.700. The fourth-order valence-electron chi connectivity index (χ4n) is 2.75. The van der Waals surface area contributed by atoms with E-state index in [0.717, 1.165) is 16.5 Å². The number of hydrogen-bond donors (Lipinski definition) is 3. The molecule has 3 N–H and O–H groups in total. The number of carbonyl (C=O) groups excluding carboxylic acids is 1. The smallest absolute Gasteiger partial charge is 0.311 e. The van der Waals surface area contributed by atoms with Gasteiger partial charge in [0.05, 0.1) is 5.41 Å². The molecule has 0 saturated carbocycles. The van der Waals surface area contributed by atoms with Crippen LogP contribution >= 0.6 is 0 Å². The number of carboxylic acids is 1. The number of nitrogens with one attached hydrogen (secondary N) is 2. The number of benzene rings is 1. The molecule has 124 valence electrons. The van der Waals surface area contributed by atoms with Crippen molar-refractivity contribution in [2.75, 3.05) is 6.54 Å². The number of amides is 1. The van der Waals surface area contributed by atoms with E-state index < -0.39 is 11.4 Å². The molecule has 1 aromatic carbocycles. The molecule has 0 saturated heterocycles. The van der Waals surface area contributed by atoms with Gasteiger partial charge in [0.15, 0.2) is 0 Å². The molecule has 0 aliphatic carbocycles. The van der Waals surface area contributed by atoms with Gasteiger partial charge in [0.2, 0.25) is 5.91 Å². The van der Waals surface area contributed by atoms with Crippen molar-refractivity contribution in [1.29, 1.82) is 0 Å². The van der Waals surface area contributed by atoms with E-state index >= 15 is 0 Å². The zero-order chi connectivity index (χ0) is 16.9. The molecule has 5 nitrogen and oxygen atoms in total. The first kappa shape index (κ1) is 17.1. The summed E-state index contributed by atoms with van der Waals surface area (Å²) in [5.74, 6) is -0.951. The summed E-state index contributed by atoms with van der Waals surface area (Å²) in [6.07, 6.45) is 3.90. The SMILES string of the molecule is CCC(CC)(CNC(=O)CCc1ccc2[nH]ccc2c1)C(=O)O. The van der Waals surface area contributed by atoms with Gasteiger partial charge in [-0.25, -0.2) is 0 Å². The van der Waals surface area contributed by atoms with Gasteiger partial charge in [-0.15, -0.1) is 0 Å². The van der Waals surface area contributed by atoms with Gasteiger partial charge in [-0.05, 0) is 48.4 Å². The Balaban J connectivity index is 1.88. The molecule has 1 heterocycles. The van der Waals surface area contributed by atoms with Crippen molar-refractivity contribution < 1.29 is 14.7 Å². The molecule has 1 aromatic heterocycles. The molecule has 0 aliphatic rings. The van der Waals surface area contributed by atoms with E-state index in [4.69, 9.17) is 0 Å². The largest absolute Gasteiger partial charge is 0.481 e.